The van der Waals surface area contributed by atoms with Gasteiger partial charge in [0.15, 0.2) is 0 Å². The van der Waals surface area contributed by atoms with Crippen molar-refractivity contribution in [3.63, 3.8) is 0 Å². The van der Waals surface area contributed by atoms with Crippen molar-refractivity contribution in [1.82, 2.24) is 0 Å². The van der Waals surface area contributed by atoms with E-state index >= 15 is 0 Å². The quantitative estimate of drug-likeness (QED) is 0.808. The maximum absolute atomic E-state index is 7.04. The molecule has 0 aromatic heterocycles. The Balaban J connectivity index is 1.97. The van der Waals surface area contributed by atoms with Gasteiger partial charge in [0.05, 0.1) is 0 Å². The Kier molecular flexibility index (Phi) is 6.01. The Morgan fingerprint density at radius 1 is 0.846 bits per heavy atom. The Morgan fingerprint density at radius 3 is 1.73 bits per heavy atom. The maximum Gasteiger partial charge on any atom is 0.261 e. The molecular formula is C23H33NOSi. The van der Waals surface area contributed by atoms with Crippen LogP contribution in [-0.2, 0) is 4.43 Å². The molecule has 0 spiro atoms. The Bertz CT molecular complexity index is 633. The Labute approximate surface area is 159 Å². The lowest BCUT2D eigenvalue weighted by atomic mass is 9.87. The van der Waals surface area contributed by atoms with Gasteiger partial charge in [-0.2, -0.15) is 0 Å². The van der Waals surface area contributed by atoms with Crippen molar-refractivity contribution in [2.45, 2.75) is 57.5 Å². The van der Waals surface area contributed by atoms with Crippen LogP contribution in [0.5, 0.6) is 0 Å². The van der Waals surface area contributed by atoms with Gasteiger partial charge in [-0.3, -0.25) is 0 Å². The molecule has 0 radical (unpaired) electrons. The molecule has 2 aromatic rings. The van der Waals surface area contributed by atoms with Crippen LogP contribution in [0.15, 0.2) is 60.7 Å². The van der Waals surface area contributed by atoms with Crippen molar-refractivity contribution in [2.24, 2.45) is 11.7 Å². The topological polar surface area (TPSA) is 35.2 Å². The first kappa shape index (κ1) is 19.3. The molecule has 0 unspecified atom stereocenters. The number of nitrogens with two attached hydrogens (primary N) is 1. The fraction of sp³-hybridized carbons (Fsp3) is 0.478. The highest BCUT2D eigenvalue weighted by Gasteiger charge is 2.50. The van der Waals surface area contributed by atoms with Gasteiger partial charge >= 0.3 is 0 Å². The van der Waals surface area contributed by atoms with Gasteiger partial charge in [0.2, 0.25) is 0 Å². The second-order valence-corrected chi connectivity index (χ2v) is 13.1. The maximum atomic E-state index is 7.04. The van der Waals surface area contributed by atoms with Crippen LogP contribution in [-0.4, -0.2) is 21.0 Å². The fourth-order valence-electron chi connectivity index (χ4n) is 4.36. The van der Waals surface area contributed by atoms with Gasteiger partial charge in [-0.1, -0.05) is 81.4 Å². The van der Waals surface area contributed by atoms with Gasteiger partial charge in [-0.05, 0) is 47.0 Å². The summed E-state index contributed by atoms with van der Waals surface area (Å²) in [5.41, 5.74) is 6.10. The second kappa shape index (κ2) is 8.08. The highest BCUT2D eigenvalue weighted by atomic mass is 28.4. The van der Waals surface area contributed by atoms with Gasteiger partial charge in [-0.15, -0.1) is 0 Å². The monoisotopic (exact) mass is 367 g/mol. The Hall–Kier alpha value is -1.42. The molecule has 2 nitrogen and oxygen atoms in total. The third-order valence-corrected chi connectivity index (χ3v) is 10.8. The summed E-state index contributed by atoms with van der Waals surface area (Å²) in [5.74, 6) is 0.636. The van der Waals surface area contributed by atoms with E-state index in [1.54, 1.807) is 0 Å². The fourth-order valence-corrected chi connectivity index (χ4v) is 9.00. The third-order valence-electron chi connectivity index (χ3n) is 5.84. The van der Waals surface area contributed by atoms with E-state index in [2.05, 4.69) is 81.4 Å². The molecule has 1 saturated carbocycles. The molecule has 26 heavy (non-hydrogen) atoms. The molecule has 2 aromatic carbocycles. The molecule has 0 amide bonds. The van der Waals surface area contributed by atoms with E-state index in [0.29, 0.717) is 12.0 Å². The van der Waals surface area contributed by atoms with E-state index in [1.807, 2.05) is 0 Å². The van der Waals surface area contributed by atoms with Gasteiger partial charge in [0, 0.05) is 12.6 Å². The molecule has 2 N–H and O–H groups in total. The van der Waals surface area contributed by atoms with Gasteiger partial charge < -0.3 is 10.2 Å². The highest BCUT2D eigenvalue weighted by Crippen LogP contribution is 2.37. The second-order valence-electron chi connectivity index (χ2n) is 8.76. The van der Waals surface area contributed by atoms with Crippen LogP contribution >= 0.6 is 0 Å². The first-order valence-corrected chi connectivity index (χ1v) is 11.8. The zero-order chi connectivity index (χ0) is 18.6. The van der Waals surface area contributed by atoms with Gasteiger partial charge in [-0.25, -0.2) is 0 Å². The summed E-state index contributed by atoms with van der Waals surface area (Å²) < 4.78 is 7.04. The summed E-state index contributed by atoms with van der Waals surface area (Å²) in [5, 5.41) is 2.79. The zero-order valence-corrected chi connectivity index (χ0v) is 17.4. The van der Waals surface area contributed by atoms with Crippen molar-refractivity contribution >= 4 is 18.7 Å². The molecule has 1 aliphatic rings. The van der Waals surface area contributed by atoms with Crippen molar-refractivity contribution in [2.75, 3.05) is 6.61 Å². The van der Waals surface area contributed by atoms with E-state index in [9.17, 15) is 0 Å². The predicted octanol–water partition coefficient (Wildman–Crippen LogP) is 4.08. The number of hydrogen-bond donors (Lipinski definition) is 1. The molecule has 0 heterocycles. The highest BCUT2D eigenvalue weighted by molar-refractivity contribution is 6.99. The van der Waals surface area contributed by atoms with Gasteiger partial charge in [0.25, 0.3) is 8.32 Å². The summed E-state index contributed by atoms with van der Waals surface area (Å²) in [4.78, 5) is 0. The first-order chi connectivity index (χ1) is 12.4. The van der Waals surface area contributed by atoms with E-state index in [-0.39, 0.29) is 5.04 Å². The molecular weight excluding hydrogens is 334 g/mol. The van der Waals surface area contributed by atoms with Crippen LogP contribution in [0, 0.1) is 5.92 Å². The van der Waals surface area contributed by atoms with E-state index < -0.39 is 8.32 Å². The molecule has 0 saturated heterocycles. The summed E-state index contributed by atoms with van der Waals surface area (Å²) in [6.45, 7) is 7.88. The molecule has 140 valence electrons. The van der Waals surface area contributed by atoms with Crippen molar-refractivity contribution < 1.29 is 4.43 Å². The normalized spacial score (nSPS) is 21.5. The van der Waals surface area contributed by atoms with Crippen LogP contribution in [0.3, 0.4) is 0 Å². The summed E-state index contributed by atoms with van der Waals surface area (Å²) in [6, 6.07) is 22.2. The molecule has 0 bridgehead atoms. The zero-order valence-electron chi connectivity index (χ0n) is 16.4. The average Bonchev–Trinajstić information content (AvgIpc) is 2.64. The van der Waals surface area contributed by atoms with Crippen LogP contribution in [0.2, 0.25) is 5.04 Å². The summed E-state index contributed by atoms with van der Waals surface area (Å²) >= 11 is 0. The third kappa shape index (κ3) is 3.95. The number of hydrogen-bond acceptors (Lipinski definition) is 2. The molecule has 1 fully saturated rings. The van der Waals surface area contributed by atoms with Crippen molar-refractivity contribution in [3.05, 3.63) is 60.7 Å². The first-order valence-electron chi connectivity index (χ1n) is 9.94. The summed E-state index contributed by atoms with van der Waals surface area (Å²) in [6.07, 6.45) is 4.66. The van der Waals surface area contributed by atoms with Crippen LogP contribution < -0.4 is 16.1 Å². The minimum absolute atomic E-state index is 0.0563. The van der Waals surface area contributed by atoms with E-state index in [1.165, 1.54) is 23.2 Å². The molecule has 3 rings (SSSR count). The lowest BCUT2D eigenvalue weighted by Crippen LogP contribution is -2.67. The smallest absolute Gasteiger partial charge is 0.261 e. The van der Waals surface area contributed by atoms with Crippen molar-refractivity contribution in [1.29, 1.82) is 0 Å². The van der Waals surface area contributed by atoms with E-state index in [4.69, 9.17) is 10.2 Å². The van der Waals surface area contributed by atoms with Crippen molar-refractivity contribution in [3.8, 4) is 0 Å². The molecule has 3 heteroatoms. The molecule has 0 aliphatic heterocycles. The minimum Gasteiger partial charge on any atom is -0.407 e. The van der Waals surface area contributed by atoms with Gasteiger partial charge in [0.1, 0.15) is 0 Å². The lowest BCUT2D eigenvalue weighted by Gasteiger charge is -2.44. The van der Waals surface area contributed by atoms with E-state index in [0.717, 1.165) is 19.4 Å². The van der Waals surface area contributed by atoms with Crippen LogP contribution in [0.4, 0.5) is 0 Å². The summed E-state index contributed by atoms with van der Waals surface area (Å²) in [7, 11) is -2.38. The van der Waals surface area contributed by atoms with Crippen LogP contribution in [0.1, 0.15) is 46.5 Å². The SMILES string of the molecule is CC(C)(C)[Si](OC[C@H]1CC[C@H](N)CC1)(c1ccccc1)c1ccccc1. The largest absolute Gasteiger partial charge is 0.407 e. The lowest BCUT2D eigenvalue weighted by molar-refractivity contribution is 0.191. The molecule has 0 atom stereocenters. The predicted molar refractivity (Wildman–Crippen MR) is 114 cm³/mol. The standard InChI is InChI=1S/C23H33NOSi/c1-23(2,3)26(21-10-6-4-7-11-21,22-12-8-5-9-13-22)25-18-19-14-16-20(24)17-15-19/h4-13,19-20H,14-18,24H2,1-3H3/t19-,20-. The minimum atomic E-state index is -2.38. The molecule has 1 aliphatic carbocycles. The Morgan fingerprint density at radius 2 is 1.31 bits per heavy atom. The van der Waals surface area contributed by atoms with Crippen LogP contribution in [0.25, 0.3) is 0 Å². The number of benzene rings is 2. The number of rotatable bonds is 5. The average molecular weight is 368 g/mol.